The van der Waals surface area contributed by atoms with Crippen LogP contribution in [0.25, 0.3) is 0 Å². The Morgan fingerprint density at radius 3 is 3.00 bits per heavy atom. The summed E-state index contributed by atoms with van der Waals surface area (Å²) in [6, 6.07) is 9.86. The second kappa shape index (κ2) is 5.69. The molecule has 0 aromatic heterocycles. The minimum absolute atomic E-state index is 0.328. The van der Waals surface area contributed by atoms with Gasteiger partial charge in [-0.2, -0.15) is 5.26 Å². The lowest BCUT2D eigenvalue weighted by Gasteiger charge is -2.44. The first-order valence-corrected chi connectivity index (χ1v) is 8.14. The summed E-state index contributed by atoms with van der Waals surface area (Å²) in [6.07, 6.45) is 6.68. The molecule has 0 bridgehead atoms. The number of fused-ring (bicyclic) bond motifs is 1. The molecule has 0 saturated heterocycles. The van der Waals surface area contributed by atoms with Crippen molar-refractivity contribution in [2.45, 2.75) is 57.0 Å². The molecule has 3 nitrogen and oxygen atoms in total. The van der Waals surface area contributed by atoms with Gasteiger partial charge >= 0.3 is 0 Å². The van der Waals surface area contributed by atoms with Gasteiger partial charge in [0.05, 0.1) is 6.07 Å². The fraction of sp³-hybridized carbons (Fsp3) is 0.611. The minimum Gasteiger partial charge on any atom is -0.368 e. The van der Waals surface area contributed by atoms with Crippen LogP contribution >= 0.6 is 0 Å². The zero-order valence-corrected chi connectivity index (χ0v) is 13.2. The van der Waals surface area contributed by atoms with Crippen molar-refractivity contribution in [2.75, 3.05) is 18.5 Å². The van der Waals surface area contributed by atoms with Crippen molar-refractivity contribution in [1.82, 2.24) is 5.32 Å². The van der Waals surface area contributed by atoms with Crippen molar-refractivity contribution in [1.29, 1.82) is 5.26 Å². The first-order valence-electron chi connectivity index (χ1n) is 8.14. The molecular weight excluding hydrogens is 258 g/mol. The molecule has 2 aliphatic rings. The molecule has 3 heteroatoms. The summed E-state index contributed by atoms with van der Waals surface area (Å²) in [5, 5.41) is 12.8. The number of nitrogens with zero attached hydrogens (tertiary/aromatic N) is 2. The van der Waals surface area contributed by atoms with Crippen molar-refractivity contribution >= 4 is 5.69 Å². The van der Waals surface area contributed by atoms with E-state index >= 15 is 0 Å². The van der Waals surface area contributed by atoms with Crippen molar-refractivity contribution in [3.8, 4) is 6.07 Å². The summed E-state index contributed by atoms with van der Waals surface area (Å²) in [6.45, 7) is 3.30. The maximum Gasteiger partial charge on any atom is 0.108 e. The summed E-state index contributed by atoms with van der Waals surface area (Å²) in [5.41, 5.74) is 3.91. The van der Waals surface area contributed by atoms with E-state index in [1.165, 1.54) is 36.1 Å². The van der Waals surface area contributed by atoms with Gasteiger partial charge in [0.1, 0.15) is 5.54 Å². The first kappa shape index (κ1) is 14.4. The Balaban J connectivity index is 1.87. The van der Waals surface area contributed by atoms with E-state index in [4.69, 9.17) is 0 Å². The van der Waals surface area contributed by atoms with E-state index in [1.807, 2.05) is 7.05 Å². The zero-order chi connectivity index (χ0) is 14.9. The van der Waals surface area contributed by atoms with Gasteiger partial charge in [-0.25, -0.2) is 0 Å². The second-order valence-corrected chi connectivity index (χ2v) is 6.62. The average molecular weight is 283 g/mol. The molecule has 1 N–H and O–H groups in total. The van der Waals surface area contributed by atoms with Crippen LogP contribution < -0.4 is 10.2 Å². The Bertz CT molecular complexity index is 560. The summed E-state index contributed by atoms with van der Waals surface area (Å²) in [4.78, 5) is 2.57. The Kier molecular flexibility index (Phi) is 3.91. The SMILES string of the molecule is CNC1(C#N)CCCC(N2CCCc3cc(C)ccc32)C1. The van der Waals surface area contributed by atoms with E-state index in [1.54, 1.807) is 0 Å². The Morgan fingerprint density at radius 2 is 2.24 bits per heavy atom. The predicted octanol–water partition coefficient (Wildman–Crippen LogP) is 3.17. The smallest absolute Gasteiger partial charge is 0.108 e. The molecule has 0 radical (unpaired) electrons. The largest absolute Gasteiger partial charge is 0.368 e. The lowest BCUT2D eigenvalue weighted by atomic mass is 9.78. The van der Waals surface area contributed by atoms with E-state index in [0.29, 0.717) is 6.04 Å². The fourth-order valence-electron chi connectivity index (χ4n) is 4.03. The van der Waals surface area contributed by atoms with Crippen molar-refractivity contribution in [2.24, 2.45) is 0 Å². The Labute approximate surface area is 128 Å². The number of hydrogen-bond donors (Lipinski definition) is 1. The standard InChI is InChI=1S/C18H25N3/c1-14-7-8-17-15(11-14)5-4-10-21(17)16-6-3-9-18(12-16,13-19)20-2/h7-8,11,16,20H,3-6,9-10,12H2,1-2H3. The van der Waals surface area contributed by atoms with E-state index < -0.39 is 0 Å². The number of aryl methyl sites for hydroxylation is 2. The minimum atomic E-state index is -0.328. The van der Waals surface area contributed by atoms with Crippen LogP contribution in [0.1, 0.15) is 43.2 Å². The number of benzene rings is 1. The van der Waals surface area contributed by atoms with Gasteiger partial charge in [-0.15, -0.1) is 0 Å². The second-order valence-electron chi connectivity index (χ2n) is 6.62. The topological polar surface area (TPSA) is 39.1 Å². The monoisotopic (exact) mass is 283 g/mol. The van der Waals surface area contributed by atoms with E-state index in [9.17, 15) is 5.26 Å². The normalized spacial score (nSPS) is 28.8. The molecule has 3 rings (SSSR count). The molecule has 0 spiro atoms. The molecule has 1 heterocycles. The quantitative estimate of drug-likeness (QED) is 0.906. The molecule has 1 fully saturated rings. The van der Waals surface area contributed by atoms with Gasteiger partial charge in [0, 0.05) is 18.3 Å². The molecule has 21 heavy (non-hydrogen) atoms. The predicted molar refractivity (Wildman–Crippen MR) is 86.5 cm³/mol. The van der Waals surface area contributed by atoms with Crippen LogP contribution in [0.15, 0.2) is 18.2 Å². The number of rotatable bonds is 2. The molecule has 2 unspecified atom stereocenters. The van der Waals surface area contributed by atoms with Gasteiger partial charge < -0.3 is 10.2 Å². The van der Waals surface area contributed by atoms with Gasteiger partial charge in [-0.3, -0.25) is 0 Å². The van der Waals surface area contributed by atoms with Gasteiger partial charge in [0.2, 0.25) is 0 Å². The van der Waals surface area contributed by atoms with Gasteiger partial charge in [-0.1, -0.05) is 17.7 Å². The van der Waals surface area contributed by atoms with Crippen LogP contribution in [0.5, 0.6) is 0 Å². The highest BCUT2D eigenvalue weighted by atomic mass is 15.2. The van der Waals surface area contributed by atoms with Crippen LogP contribution in [0.4, 0.5) is 5.69 Å². The van der Waals surface area contributed by atoms with Crippen LogP contribution in [-0.2, 0) is 6.42 Å². The van der Waals surface area contributed by atoms with Crippen molar-refractivity contribution in [3.05, 3.63) is 29.3 Å². The third kappa shape index (κ3) is 2.65. The van der Waals surface area contributed by atoms with Crippen LogP contribution in [0, 0.1) is 18.3 Å². The molecule has 1 aliphatic heterocycles. The van der Waals surface area contributed by atoms with Crippen molar-refractivity contribution in [3.63, 3.8) is 0 Å². The lowest BCUT2D eigenvalue weighted by molar-refractivity contribution is 0.276. The van der Waals surface area contributed by atoms with E-state index in [0.717, 1.165) is 25.8 Å². The van der Waals surface area contributed by atoms with Crippen LogP contribution in [0.3, 0.4) is 0 Å². The molecule has 1 aromatic carbocycles. The third-order valence-electron chi connectivity index (χ3n) is 5.25. The fourth-order valence-corrected chi connectivity index (χ4v) is 4.03. The third-order valence-corrected chi connectivity index (χ3v) is 5.25. The molecule has 1 aromatic rings. The molecule has 1 saturated carbocycles. The molecule has 112 valence electrons. The highest BCUT2D eigenvalue weighted by molar-refractivity contribution is 5.57. The molecule has 1 aliphatic carbocycles. The summed E-state index contributed by atoms with van der Waals surface area (Å²) in [5.74, 6) is 0. The highest BCUT2D eigenvalue weighted by Gasteiger charge is 2.38. The Hall–Kier alpha value is -1.53. The number of anilines is 1. The van der Waals surface area contributed by atoms with Crippen molar-refractivity contribution < 1.29 is 0 Å². The number of hydrogen-bond acceptors (Lipinski definition) is 3. The van der Waals surface area contributed by atoms with E-state index in [2.05, 4.69) is 41.4 Å². The van der Waals surface area contributed by atoms with Crippen LogP contribution in [-0.4, -0.2) is 25.2 Å². The maximum absolute atomic E-state index is 9.56. The molecule has 2 atom stereocenters. The first-order chi connectivity index (χ1) is 10.2. The summed E-state index contributed by atoms with van der Waals surface area (Å²) < 4.78 is 0. The van der Waals surface area contributed by atoms with Gasteiger partial charge in [0.25, 0.3) is 0 Å². The average Bonchev–Trinajstić information content (AvgIpc) is 2.54. The lowest BCUT2D eigenvalue weighted by Crippen LogP contribution is -2.52. The van der Waals surface area contributed by atoms with E-state index in [-0.39, 0.29) is 5.54 Å². The van der Waals surface area contributed by atoms with Gasteiger partial charge in [0.15, 0.2) is 0 Å². The molecular formula is C18H25N3. The maximum atomic E-state index is 9.56. The molecule has 0 amide bonds. The number of nitriles is 1. The highest BCUT2D eigenvalue weighted by Crippen LogP contribution is 2.36. The Morgan fingerprint density at radius 1 is 1.38 bits per heavy atom. The summed E-state index contributed by atoms with van der Waals surface area (Å²) in [7, 11) is 1.93. The van der Waals surface area contributed by atoms with Crippen LogP contribution in [0.2, 0.25) is 0 Å². The van der Waals surface area contributed by atoms with Gasteiger partial charge in [-0.05, 0) is 64.1 Å². The zero-order valence-electron chi connectivity index (χ0n) is 13.2. The number of nitrogens with one attached hydrogen (secondary N) is 1. The summed E-state index contributed by atoms with van der Waals surface area (Å²) >= 11 is 0.